The number of aromatic nitrogens is 3. The molecule has 2 heterocycles. The fourth-order valence-electron chi connectivity index (χ4n) is 2.78. The van der Waals surface area contributed by atoms with Crippen LogP contribution in [0.4, 0.5) is 8.78 Å². The van der Waals surface area contributed by atoms with E-state index in [1.165, 1.54) is 6.07 Å². The van der Waals surface area contributed by atoms with Crippen LogP contribution >= 0.6 is 9.24 Å². The number of halogens is 2. The van der Waals surface area contributed by atoms with Crippen LogP contribution in [0.15, 0.2) is 35.5 Å². The van der Waals surface area contributed by atoms with Crippen molar-refractivity contribution in [1.82, 2.24) is 14.5 Å². The molecule has 130 valence electrons. The van der Waals surface area contributed by atoms with E-state index in [1.54, 1.807) is 16.8 Å². The number of aryl methyl sites for hydroxylation is 1. The van der Waals surface area contributed by atoms with Gasteiger partial charge in [-0.2, -0.15) is 0 Å². The van der Waals surface area contributed by atoms with Crippen molar-refractivity contribution in [3.05, 3.63) is 52.7 Å². The highest BCUT2D eigenvalue weighted by atomic mass is 31.0. The van der Waals surface area contributed by atoms with Gasteiger partial charge in [-0.25, -0.2) is 18.7 Å². The standard InChI is InChI=1S/C18H18F2N3OP/c1-2-3-4-6-23-7-5-11-8-13(17-21-9-12(19)10-22-17)15(20)16(25)14(11)18(23)24/h5,7-10H,2-4,6,25H2,1H3. The maximum absolute atomic E-state index is 14.8. The van der Waals surface area contributed by atoms with Crippen LogP contribution in [0, 0.1) is 11.6 Å². The average Bonchev–Trinajstić information content (AvgIpc) is 2.61. The van der Waals surface area contributed by atoms with Crippen molar-refractivity contribution in [1.29, 1.82) is 0 Å². The predicted octanol–water partition coefficient (Wildman–Crippen LogP) is 3.43. The molecule has 0 fully saturated rings. The fourth-order valence-corrected chi connectivity index (χ4v) is 3.22. The summed E-state index contributed by atoms with van der Waals surface area (Å²) in [5.74, 6) is -1.10. The second-order valence-electron chi connectivity index (χ2n) is 5.86. The van der Waals surface area contributed by atoms with Crippen molar-refractivity contribution in [3.8, 4) is 11.4 Å². The Balaban J connectivity index is 2.13. The van der Waals surface area contributed by atoms with Gasteiger partial charge in [0.25, 0.3) is 5.56 Å². The van der Waals surface area contributed by atoms with E-state index >= 15 is 0 Å². The van der Waals surface area contributed by atoms with E-state index < -0.39 is 11.6 Å². The number of hydrogen-bond donors (Lipinski definition) is 0. The summed E-state index contributed by atoms with van der Waals surface area (Å²) in [4.78, 5) is 20.3. The van der Waals surface area contributed by atoms with Crippen molar-refractivity contribution in [3.63, 3.8) is 0 Å². The van der Waals surface area contributed by atoms with Crippen LogP contribution in [0.5, 0.6) is 0 Å². The van der Waals surface area contributed by atoms with Crippen molar-refractivity contribution in [2.75, 3.05) is 0 Å². The number of unbranched alkanes of at least 4 members (excludes halogenated alkanes) is 2. The molecule has 3 aromatic rings. The maximum Gasteiger partial charge on any atom is 0.259 e. The number of hydrogen-bond acceptors (Lipinski definition) is 3. The topological polar surface area (TPSA) is 47.8 Å². The number of rotatable bonds is 5. The van der Waals surface area contributed by atoms with Gasteiger partial charge in [-0.05, 0) is 23.9 Å². The van der Waals surface area contributed by atoms with Crippen molar-refractivity contribution in [2.45, 2.75) is 32.7 Å². The Morgan fingerprint density at radius 1 is 1.20 bits per heavy atom. The van der Waals surface area contributed by atoms with Crippen LogP contribution in [0.25, 0.3) is 22.2 Å². The first kappa shape index (κ1) is 17.6. The van der Waals surface area contributed by atoms with Crippen molar-refractivity contribution in [2.24, 2.45) is 0 Å². The minimum atomic E-state index is -0.592. The molecule has 0 saturated heterocycles. The highest BCUT2D eigenvalue weighted by Gasteiger charge is 2.17. The summed E-state index contributed by atoms with van der Waals surface area (Å²) < 4.78 is 29.4. The van der Waals surface area contributed by atoms with Gasteiger partial charge in [0, 0.05) is 18.0 Å². The third-order valence-electron chi connectivity index (χ3n) is 4.10. The van der Waals surface area contributed by atoms with Crippen LogP contribution in [0.3, 0.4) is 0 Å². The summed E-state index contributed by atoms with van der Waals surface area (Å²) in [6.07, 6.45) is 6.69. The van der Waals surface area contributed by atoms with Crippen molar-refractivity contribution < 1.29 is 8.78 Å². The first-order valence-corrected chi connectivity index (χ1v) is 8.69. The lowest BCUT2D eigenvalue weighted by Crippen LogP contribution is -2.24. The molecule has 25 heavy (non-hydrogen) atoms. The molecular weight excluding hydrogens is 343 g/mol. The average molecular weight is 361 g/mol. The SMILES string of the molecule is CCCCCn1ccc2cc(-c3ncc(F)cn3)c(F)c(P)c2c1=O. The third-order valence-corrected chi connectivity index (χ3v) is 4.65. The van der Waals surface area contributed by atoms with E-state index in [4.69, 9.17) is 0 Å². The van der Waals surface area contributed by atoms with Crippen LogP contribution in [0.1, 0.15) is 26.2 Å². The highest BCUT2D eigenvalue weighted by Crippen LogP contribution is 2.24. The number of fused-ring (bicyclic) bond motifs is 1. The Bertz CT molecular complexity index is 971. The molecule has 0 spiro atoms. The van der Waals surface area contributed by atoms with E-state index in [0.29, 0.717) is 17.3 Å². The Hall–Kier alpha value is -2.20. The number of benzene rings is 1. The van der Waals surface area contributed by atoms with E-state index in [-0.39, 0.29) is 22.3 Å². The zero-order valence-electron chi connectivity index (χ0n) is 13.8. The van der Waals surface area contributed by atoms with Gasteiger partial charge in [0.05, 0.1) is 23.3 Å². The first-order chi connectivity index (χ1) is 12.0. The Kier molecular flexibility index (Phi) is 5.19. The maximum atomic E-state index is 14.8. The molecule has 2 aromatic heterocycles. The lowest BCUT2D eigenvalue weighted by Gasteiger charge is -2.11. The van der Waals surface area contributed by atoms with Crippen LogP contribution < -0.4 is 10.9 Å². The van der Waals surface area contributed by atoms with Crippen LogP contribution in [-0.2, 0) is 6.54 Å². The van der Waals surface area contributed by atoms with Gasteiger partial charge in [0.1, 0.15) is 5.82 Å². The molecule has 4 nitrogen and oxygen atoms in total. The number of pyridine rings is 1. The van der Waals surface area contributed by atoms with E-state index in [2.05, 4.69) is 26.1 Å². The number of nitrogens with zero attached hydrogens (tertiary/aromatic N) is 3. The predicted molar refractivity (Wildman–Crippen MR) is 98.0 cm³/mol. The van der Waals surface area contributed by atoms with Crippen LogP contribution in [-0.4, -0.2) is 14.5 Å². The molecule has 1 aromatic carbocycles. The smallest absolute Gasteiger partial charge is 0.259 e. The molecule has 7 heteroatoms. The highest BCUT2D eigenvalue weighted by molar-refractivity contribution is 7.28. The Morgan fingerprint density at radius 3 is 2.60 bits per heavy atom. The molecule has 0 radical (unpaired) electrons. The Morgan fingerprint density at radius 2 is 1.92 bits per heavy atom. The minimum Gasteiger partial charge on any atom is -0.315 e. The monoisotopic (exact) mass is 361 g/mol. The second kappa shape index (κ2) is 7.36. The molecule has 3 rings (SSSR count). The zero-order chi connectivity index (χ0) is 18.0. The van der Waals surface area contributed by atoms with E-state index in [1.807, 2.05) is 0 Å². The van der Waals surface area contributed by atoms with Gasteiger partial charge in [0.15, 0.2) is 11.6 Å². The van der Waals surface area contributed by atoms with Gasteiger partial charge >= 0.3 is 0 Å². The summed E-state index contributed by atoms with van der Waals surface area (Å²) in [5.41, 5.74) is -0.0790. The molecule has 0 saturated carbocycles. The lowest BCUT2D eigenvalue weighted by atomic mass is 10.1. The second-order valence-corrected chi connectivity index (χ2v) is 6.44. The summed E-state index contributed by atoms with van der Waals surface area (Å²) in [7, 11) is 2.29. The molecule has 0 aliphatic carbocycles. The molecule has 0 aliphatic rings. The molecular formula is C18H18F2N3OP. The molecule has 0 N–H and O–H groups in total. The molecule has 0 bridgehead atoms. The fraction of sp³-hybridized carbons (Fsp3) is 0.278. The molecule has 0 amide bonds. The summed E-state index contributed by atoms with van der Waals surface area (Å²) in [6.45, 7) is 2.70. The quantitative estimate of drug-likeness (QED) is 0.517. The third kappa shape index (κ3) is 3.45. The Labute approximate surface area is 146 Å². The zero-order valence-corrected chi connectivity index (χ0v) is 15.0. The lowest BCUT2D eigenvalue weighted by molar-refractivity contribution is 0.590. The van der Waals surface area contributed by atoms with Gasteiger partial charge in [-0.15, -0.1) is 9.24 Å². The minimum absolute atomic E-state index is 0.0802. The van der Waals surface area contributed by atoms with Gasteiger partial charge in [0.2, 0.25) is 0 Å². The van der Waals surface area contributed by atoms with Gasteiger partial charge < -0.3 is 4.57 Å². The molecule has 1 unspecified atom stereocenters. The molecule has 0 aliphatic heterocycles. The normalized spacial score (nSPS) is 11.2. The van der Waals surface area contributed by atoms with Crippen molar-refractivity contribution >= 4 is 25.3 Å². The van der Waals surface area contributed by atoms with E-state index in [9.17, 15) is 13.6 Å². The van der Waals surface area contributed by atoms with Gasteiger partial charge in [-0.3, -0.25) is 4.79 Å². The largest absolute Gasteiger partial charge is 0.315 e. The summed E-state index contributed by atoms with van der Waals surface area (Å²) in [6, 6.07) is 3.31. The van der Waals surface area contributed by atoms with Gasteiger partial charge in [-0.1, -0.05) is 19.8 Å². The molecule has 1 atom stereocenters. The summed E-state index contributed by atoms with van der Waals surface area (Å²) in [5, 5.41) is 1.11. The first-order valence-electron chi connectivity index (χ1n) is 8.12. The summed E-state index contributed by atoms with van der Waals surface area (Å²) >= 11 is 0. The van der Waals surface area contributed by atoms with Crippen LogP contribution in [0.2, 0.25) is 0 Å². The van der Waals surface area contributed by atoms with E-state index in [0.717, 1.165) is 31.7 Å².